The standard InChI is InChI=1S/C27H29N5O2S/c1-17-11-10-12-18(2)23(17)28-25(33)19(3)35-27-29-24-22(21-15-8-5-9-16-31(21)27)26(34)32(30-24)20-13-6-4-7-14-20/h4,6-7,10-14,19H,5,8-9,15-16H2,1-3H3,(H,28,33). The number of rotatable bonds is 5. The molecule has 5 rings (SSSR count). The SMILES string of the molecule is Cc1cccc(C)c1NC(=O)C(C)Sc1nc2nn(-c3ccccc3)c(=O)c-2c2n1CCCCC2. The predicted octanol–water partition coefficient (Wildman–Crippen LogP) is 5.00. The second kappa shape index (κ2) is 9.70. The maximum absolute atomic E-state index is 13.4. The van der Waals surface area contributed by atoms with E-state index in [0.29, 0.717) is 11.4 Å². The first-order chi connectivity index (χ1) is 16.9. The van der Waals surface area contributed by atoms with Crippen molar-refractivity contribution < 1.29 is 4.79 Å². The monoisotopic (exact) mass is 487 g/mol. The van der Waals surface area contributed by atoms with Gasteiger partial charge in [-0.3, -0.25) is 9.59 Å². The fraction of sp³-hybridized carbons (Fsp3) is 0.333. The summed E-state index contributed by atoms with van der Waals surface area (Å²) in [6.45, 7) is 6.66. The normalized spacial score (nSPS) is 14.4. The van der Waals surface area contributed by atoms with E-state index in [1.54, 1.807) is 0 Å². The predicted molar refractivity (Wildman–Crippen MR) is 140 cm³/mol. The van der Waals surface area contributed by atoms with Crippen molar-refractivity contribution in [3.05, 3.63) is 75.7 Å². The summed E-state index contributed by atoms with van der Waals surface area (Å²) in [4.78, 5) is 31.3. The topological polar surface area (TPSA) is 81.8 Å². The number of benzene rings is 2. The Kier molecular flexibility index (Phi) is 6.47. The first kappa shape index (κ1) is 23.4. The van der Waals surface area contributed by atoms with Gasteiger partial charge < -0.3 is 9.88 Å². The third-order valence-corrected chi connectivity index (χ3v) is 7.64. The molecule has 1 amide bonds. The molecule has 35 heavy (non-hydrogen) atoms. The average molecular weight is 488 g/mol. The molecule has 3 aliphatic heterocycles. The molecule has 0 aromatic heterocycles. The van der Waals surface area contributed by atoms with E-state index in [-0.39, 0.29) is 16.7 Å². The van der Waals surface area contributed by atoms with Crippen LogP contribution in [0.5, 0.6) is 0 Å². The van der Waals surface area contributed by atoms with Crippen LogP contribution in [0.1, 0.15) is 43.0 Å². The summed E-state index contributed by atoms with van der Waals surface area (Å²) in [7, 11) is 0. The van der Waals surface area contributed by atoms with Gasteiger partial charge in [-0.05, 0) is 63.3 Å². The number of hydrogen-bond donors (Lipinski definition) is 1. The Bertz CT molecular complexity index is 1390. The molecule has 3 heterocycles. The smallest absolute Gasteiger partial charge is 0.284 e. The Balaban J connectivity index is 1.52. The van der Waals surface area contributed by atoms with Gasteiger partial charge >= 0.3 is 0 Å². The number of thioether (sulfide) groups is 1. The summed E-state index contributed by atoms with van der Waals surface area (Å²) < 4.78 is 3.58. The lowest BCUT2D eigenvalue weighted by atomic mass is 10.1. The summed E-state index contributed by atoms with van der Waals surface area (Å²) in [6, 6.07) is 15.4. The minimum atomic E-state index is -0.373. The summed E-state index contributed by atoms with van der Waals surface area (Å²) >= 11 is 1.42. The molecule has 2 aromatic carbocycles. The maximum atomic E-state index is 13.4. The van der Waals surface area contributed by atoms with E-state index in [9.17, 15) is 9.59 Å². The number of hydrogen-bond acceptors (Lipinski definition) is 5. The Morgan fingerprint density at radius 1 is 1.03 bits per heavy atom. The molecule has 7 nitrogen and oxygen atoms in total. The van der Waals surface area contributed by atoms with Crippen LogP contribution in [0, 0.1) is 13.8 Å². The fourth-order valence-electron chi connectivity index (χ4n) is 4.64. The van der Waals surface area contributed by atoms with Gasteiger partial charge in [0.05, 0.1) is 10.9 Å². The molecule has 0 spiro atoms. The van der Waals surface area contributed by atoms with Crippen molar-refractivity contribution in [3.8, 4) is 17.1 Å². The molecule has 0 saturated heterocycles. The van der Waals surface area contributed by atoms with E-state index in [4.69, 9.17) is 4.98 Å². The van der Waals surface area contributed by atoms with E-state index in [1.807, 2.05) is 69.3 Å². The van der Waals surface area contributed by atoms with Crippen LogP contribution in [0.4, 0.5) is 5.69 Å². The van der Waals surface area contributed by atoms with Crippen molar-refractivity contribution in [2.75, 3.05) is 5.32 Å². The van der Waals surface area contributed by atoms with Crippen LogP contribution < -0.4 is 10.9 Å². The number of aryl methyl sites for hydroxylation is 2. The van der Waals surface area contributed by atoms with Gasteiger partial charge in [-0.2, -0.15) is 4.68 Å². The van der Waals surface area contributed by atoms with Crippen LogP contribution in [0.3, 0.4) is 0 Å². The van der Waals surface area contributed by atoms with E-state index in [0.717, 1.165) is 65.6 Å². The average Bonchev–Trinajstić information content (AvgIpc) is 3.02. The molecular weight excluding hydrogens is 458 g/mol. The highest BCUT2D eigenvalue weighted by molar-refractivity contribution is 8.00. The first-order valence-corrected chi connectivity index (χ1v) is 12.9. The second-order valence-corrected chi connectivity index (χ2v) is 10.4. The lowest BCUT2D eigenvalue weighted by molar-refractivity contribution is -0.115. The third-order valence-electron chi connectivity index (χ3n) is 6.55. The highest BCUT2D eigenvalue weighted by Gasteiger charge is 2.28. The van der Waals surface area contributed by atoms with Gasteiger partial charge in [-0.15, -0.1) is 5.10 Å². The summed E-state index contributed by atoms with van der Waals surface area (Å²) in [5.74, 6) is 0.369. The largest absolute Gasteiger partial charge is 0.325 e. The summed E-state index contributed by atoms with van der Waals surface area (Å²) in [5.41, 5.74) is 5.08. The molecule has 1 unspecified atom stereocenters. The zero-order valence-corrected chi connectivity index (χ0v) is 21.1. The van der Waals surface area contributed by atoms with Gasteiger partial charge in [0, 0.05) is 17.9 Å². The highest BCUT2D eigenvalue weighted by Crippen LogP contribution is 2.32. The maximum Gasteiger partial charge on any atom is 0.284 e. The Morgan fingerprint density at radius 2 is 1.77 bits per heavy atom. The molecule has 1 atom stereocenters. The number of amides is 1. The summed E-state index contributed by atoms with van der Waals surface area (Å²) in [5, 5.41) is 8.05. The van der Waals surface area contributed by atoms with Crippen LogP contribution >= 0.6 is 11.8 Å². The van der Waals surface area contributed by atoms with Crippen LogP contribution in [-0.4, -0.2) is 30.5 Å². The highest BCUT2D eigenvalue weighted by atomic mass is 32.2. The second-order valence-electron chi connectivity index (χ2n) is 9.07. The van der Waals surface area contributed by atoms with Crippen molar-refractivity contribution in [1.29, 1.82) is 0 Å². The molecule has 0 bridgehead atoms. The number of nitrogens with zero attached hydrogens (tertiary/aromatic N) is 4. The number of anilines is 1. The number of carbonyl (C=O) groups excluding carboxylic acids is 1. The van der Waals surface area contributed by atoms with Crippen molar-refractivity contribution in [2.45, 2.75) is 63.4 Å². The fourth-order valence-corrected chi connectivity index (χ4v) is 5.59. The van der Waals surface area contributed by atoms with E-state index in [1.165, 1.54) is 16.4 Å². The molecule has 0 fully saturated rings. The first-order valence-electron chi connectivity index (χ1n) is 12.1. The Labute approximate surface area is 208 Å². The third kappa shape index (κ3) is 4.50. The molecule has 180 valence electrons. The number of fused-ring (bicyclic) bond motifs is 3. The lowest BCUT2D eigenvalue weighted by Gasteiger charge is -2.20. The van der Waals surface area contributed by atoms with Gasteiger partial charge in [0.2, 0.25) is 5.91 Å². The number of aromatic nitrogens is 4. The molecule has 1 N–H and O–H groups in total. The minimum absolute atomic E-state index is 0.0726. The van der Waals surface area contributed by atoms with Gasteiger partial charge in [0.15, 0.2) is 11.0 Å². The zero-order chi connectivity index (χ0) is 24.5. The van der Waals surface area contributed by atoms with E-state index < -0.39 is 0 Å². The van der Waals surface area contributed by atoms with Crippen LogP contribution in [-0.2, 0) is 17.8 Å². The molecule has 8 heteroatoms. The van der Waals surface area contributed by atoms with Gasteiger partial charge in [-0.1, -0.05) is 54.6 Å². The number of carbonyl (C=O) groups is 1. The van der Waals surface area contributed by atoms with Crippen molar-refractivity contribution in [1.82, 2.24) is 19.3 Å². The lowest BCUT2D eigenvalue weighted by Crippen LogP contribution is -2.25. The van der Waals surface area contributed by atoms with Gasteiger partial charge in [0.1, 0.15) is 5.56 Å². The van der Waals surface area contributed by atoms with Crippen molar-refractivity contribution in [3.63, 3.8) is 0 Å². The van der Waals surface area contributed by atoms with Crippen LogP contribution in [0.15, 0.2) is 58.5 Å². The summed E-state index contributed by atoms with van der Waals surface area (Å²) in [6.07, 6.45) is 3.92. The van der Waals surface area contributed by atoms with E-state index >= 15 is 0 Å². The number of nitrogens with one attached hydrogen (secondary N) is 1. The van der Waals surface area contributed by atoms with Crippen molar-refractivity contribution >= 4 is 23.4 Å². The molecule has 3 aliphatic rings. The Morgan fingerprint density at radius 3 is 2.51 bits per heavy atom. The molecular formula is C27H29N5O2S. The quantitative estimate of drug-likeness (QED) is 0.317. The zero-order valence-electron chi connectivity index (χ0n) is 20.2. The minimum Gasteiger partial charge on any atom is -0.325 e. The van der Waals surface area contributed by atoms with E-state index in [2.05, 4.69) is 15.0 Å². The molecule has 0 saturated carbocycles. The van der Waals surface area contributed by atoms with Gasteiger partial charge in [-0.25, -0.2) is 4.98 Å². The molecule has 0 aliphatic carbocycles. The molecule has 0 radical (unpaired) electrons. The Hall–Kier alpha value is -3.39. The van der Waals surface area contributed by atoms with Gasteiger partial charge in [0.25, 0.3) is 5.56 Å². The molecule has 2 aromatic rings. The van der Waals surface area contributed by atoms with Crippen LogP contribution in [0.2, 0.25) is 0 Å². The van der Waals surface area contributed by atoms with Crippen LogP contribution in [0.25, 0.3) is 17.1 Å². The van der Waals surface area contributed by atoms with Crippen molar-refractivity contribution in [2.24, 2.45) is 0 Å². The number of para-hydroxylation sites is 2.